The summed E-state index contributed by atoms with van der Waals surface area (Å²) in [6.45, 7) is 2.02. The van der Waals surface area contributed by atoms with Crippen LogP contribution in [0.15, 0.2) is 41.4 Å². The molecule has 0 amide bonds. The molecule has 1 aromatic carbocycles. The van der Waals surface area contributed by atoms with Gasteiger partial charge in [-0.15, -0.1) is 0 Å². The zero-order valence-corrected chi connectivity index (χ0v) is 12.6. The van der Waals surface area contributed by atoms with Crippen molar-refractivity contribution in [3.63, 3.8) is 0 Å². The third-order valence-electron chi connectivity index (χ3n) is 2.95. The molecule has 0 atom stereocenters. The Morgan fingerprint density at radius 3 is 2.62 bits per heavy atom. The lowest BCUT2D eigenvalue weighted by Crippen LogP contribution is -2.14. The average molecular weight is 307 g/mol. The van der Waals surface area contributed by atoms with Crippen molar-refractivity contribution in [2.75, 3.05) is 11.8 Å². The van der Waals surface area contributed by atoms with Crippen molar-refractivity contribution in [2.45, 2.75) is 18.4 Å². The molecule has 112 valence electrons. The number of aromatic nitrogens is 1. The third kappa shape index (κ3) is 3.50. The summed E-state index contributed by atoms with van der Waals surface area (Å²) < 4.78 is 32.3. The van der Waals surface area contributed by atoms with E-state index in [2.05, 4.69) is 9.71 Å². The number of aryl methyl sites for hydroxylation is 1. The number of methoxy groups -OCH3 is 1. The Hall–Kier alpha value is -2.12. The van der Waals surface area contributed by atoms with Gasteiger partial charge in [-0.25, -0.2) is 8.42 Å². The second-order valence-corrected chi connectivity index (χ2v) is 6.15. The van der Waals surface area contributed by atoms with Gasteiger partial charge in [-0.1, -0.05) is 0 Å². The topological polar surface area (TPSA) is 94.3 Å². The van der Waals surface area contributed by atoms with Crippen LogP contribution in [-0.2, 0) is 16.6 Å². The highest BCUT2D eigenvalue weighted by Crippen LogP contribution is 2.23. The van der Waals surface area contributed by atoms with Gasteiger partial charge in [-0.05, 0) is 37.3 Å². The normalized spacial score (nSPS) is 11.2. The minimum Gasteiger partial charge on any atom is -0.496 e. The molecule has 0 fully saturated rings. The molecule has 3 N–H and O–H groups in total. The van der Waals surface area contributed by atoms with E-state index in [-0.39, 0.29) is 11.4 Å². The Labute approximate surface area is 124 Å². The van der Waals surface area contributed by atoms with Crippen LogP contribution >= 0.6 is 0 Å². The molecule has 0 spiro atoms. The van der Waals surface area contributed by atoms with E-state index in [1.807, 2.05) is 6.92 Å². The maximum absolute atomic E-state index is 12.3. The van der Waals surface area contributed by atoms with Crippen LogP contribution in [-0.4, -0.2) is 20.5 Å². The highest BCUT2D eigenvalue weighted by atomic mass is 32.2. The number of nitrogens with zero attached hydrogens (tertiary/aromatic N) is 1. The summed E-state index contributed by atoms with van der Waals surface area (Å²) in [6, 6.07) is 7.96. The Morgan fingerprint density at radius 1 is 1.29 bits per heavy atom. The van der Waals surface area contributed by atoms with Gasteiger partial charge in [0.05, 0.1) is 23.9 Å². The molecule has 0 aliphatic carbocycles. The fourth-order valence-electron chi connectivity index (χ4n) is 1.82. The van der Waals surface area contributed by atoms with Gasteiger partial charge in [0.1, 0.15) is 5.75 Å². The summed E-state index contributed by atoms with van der Waals surface area (Å²) in [6.07, 6.45) is 1.47. The smallest absolute Gasteiger partial charge is 0.261 e. The first kappa shape index (κ1) is 15.3. The minimum atomic E-state index is -3.68. The standard InChI is InChI=1S/C14H17N3O3S/c1-10-3-4-12(9-16-10)17-21(18,19)13-5-6-14(20-2)11(7-13)8-15/h3-7,9,17H,8,15H2,1-2H3. The van der Waals surface area contributed by atoms with E-state index in [1.54, 1.807) is 18.2 Å². The number of hydrogen-bond acceptors (Lipinski definition) is 5. The lowest BCUT2D eigenvalue weighted by Gasteiger charge is -2.11. The number of pyridine rings is 1. The molecular formula is C14H17N3O3S. The van der Waals surface area contributed by atoms with Crippen LogP contribution < -0.4 is 15.2 Å². The van der Waals surface area contributed by atoms with Gasteiger partial charge in [0.25, 0.3) is 10.0 Å². The van der Waals surface area contributed by atoms with E-state index in [1.165, 1.54) is 25.4 Å². The Balaban J connectivity index is 2.33. The maximum atomic E-state index is 12.3. The molecule has 6 nitrogen and oxygen atoms in total. The van der Waals surface area contributed by atoms with Crippen molar-refractivity contribution in [2.24, 2.45) is 5.73 Å². The van der Waals surface area contributed by atoms with Gasteiger partial charge in [-0.2, -0.15) is 0 Å². The highest BCUT2D eigenvalue weighted by Gasteiger charge is 2.16. The number of sulfonamides is 1. The predicted octanol–water partition coefficient (Wildman–Crippen LogP) is 1.66. The molecule has 0 aliphatic heterocycles. The van der Waals surface area contributed by atoms with E-state index in [4.69, 9.17) is 10.5 Å². The lowest BCUT2D eigenvalue weighted by molar-refractivity contribution is 0.409. The first-order chi connectivity index (χ1) is 9.96. The zero-order valence-electron chi connectivity index (χ0n) is 11.8. The Kier molecular flexibility index (Phi) is 4.44. The largest absolute Gasteiger partial charge is 0.496 e. The molecule has 0 radical (unpaired) electrons. The van der Waals surface area contributed by atoms with Crippen molar-refractivity contribution in [1.29, 1.82) is 0 Å². The monoisotopic (exact) mass is 307 g/mol. The molecule has 0 aliphatic rings. The van der Waals surface area contributed by atoms with E-state index >= 15 is 0 Å². The Bertz CT molecular complexity index is 728. The molecule has 1 heterocycles. The van der Waals surface area contributed by atoms with Crippen molar-refractivity contribution < 1.29 is 13.2 Å². The minimum absolute atomic E-state index is 0.129. The maximum Gasteiger partial charge on any atom is 0.261 e. The van der Waals surface area contributed by atoms with Crippen LogP contribution in [0.2, 0.25) is 0 Å². The van der Waals surface area contributed by atoms with Gasteiger partial charge in [0.2, 0.25) is 0 Å². The summed E-state index contributed by atoms with van der Waals surface area (Å²) >= 11 is 0. The molecular weight excluding hydrogens is 290 g/mol. The van der Waals surface area contributed by atoms with E-state index in [0.717, 1.165) is 5.69 Å². The lowest BCUT2D eigenvalue weighted by atomic mass is 10.2. The summed E-state index contributed by atoms with van der Waals surface area (Å²) in [5.41, 5.74) is 7.45. The molecule has 2 rings (SSSR count). The van der Waals surface area contributed by atoms with E-state index in [9.17, 15) is 8.42 Å². The van der Waals surface area contributed by atoms with Crippen LogP contribution in [0.3, 0.4) is 0 Å². The van der Waals surface area contributed by atoms with Crippen molar-refractivity contribution >= 4 is 15.7 Å². The molecule has 0 bridgehead atoms. The quantitative estimate of drug-likeness (QED) is 0.876. The number of nitrogens with two attached hydrogens (primary N) is 1. The number of rotatable bonds is 5. The molecule has 1 aromatic heterocycles. The molecule has 0 saturated carbocycles. The fourth-order valence-corrected chi connectivity index (χ4v) is 2.92. The van der Waals surface area contributed by atoms with Crippen molar-refractivity contribution in [3.8, 4) is 5.75 Å². The van der Waals surface area contributed by atoms with Crippen molar-refractivity contribution in [3.05, 3.63) is 47.8 Å². The number of anilines is 1. The zero-order chi connectivity index (χ0) is 15.5. The van der Waals surface area contributed by atoms with Crippen molar-refractivity contribution in [1.82, 2.24) is 4.98 Å². The molecule has 0 saturated heterocycles. The number of nitrogens with one attached hydrogen (secondary N) is 1. The van der Waals surface area contributed by atoms with Gasteiger partial charge < -0.3 is 10.5 Å². The van der Waals surface area contributed by atoms with Gasteiger partial charge in [0, 0.05) is 17.8 Å². The molecule has 0 unspecified atom stereocenters. The number of benzene rings is 1. The Morgan fingerprint density at radius 2 is 2.05 bits per heavy atom. The second-order valence-electron chi connectivity index (χ2n) is 4.47. The van der Waals surface area contributed by atoms with Gasteiger partial charge >= 0.3 is 0 Å². The number of ether oxygens (including phenoxy) is 1. The number of hydrogen-bond donors (Lipinski definition) is 2. The average Bonchev–Trinajstić information content (AvgIpc) is 2.48. The highest BCUT2D eigenvalue weighted by molar-refractivity contribution is 7.92. The summed E-state index contributed by atoms with van der Waals surface area (Å²) in [5.74, 6) is 0.563. The van der Waals surface area contributed by atoms with Crippen LogP contribution in [0, 0.1) is 6.92 Å². The van der Waals surface area contributed by atoms with Crippen LogP contribution in [0.1, 0.15) is 11.3 Å². The van der Waals surface area contributed by atoms with Crippen LogP contribution in [0.25, 0.3) is 0 Å². The van der Waals surface area contributed by atoms with Crippen LogP contribution in [0.5, 0.6) is 5.75 Å². The van der Waals surface area contributed by atoms with Crippen LogP contribution in [0.4, 0.5) is 5.69 Å². The van der Waals surface area contributed by atoms with Gasteiger partial charge in [0.15, 0.2) is 0 Å². The first-order valence-corrected chi connectivity index (χ1v) is 7.77. The van der Waals surface area contributed by atoms with Gasteiger partial charge in [-0.3, -0.25) is 9.71 Å². The van der Waals surface area contributed by atoms with E-state index < -0.39 is 10.0 Å². The predicted molar refractivity (Wildman–Crippen MR) is 80.7 cm³/mol. The SMILES string of the molecule is COc1ccc(S(=O)(=O)Nc2ccc(C)nc2)cc1CN. The fraction of sp³-hybridized carbons (Fsp3) is 0.214. The summed E-state index contributed by atoms with van der Waals surface area (Å²) in [5, 5.41) is 0. The molecule has 7 heteroatoms. The first-order valence-electron chi connectivity index (χ1n) is 6.28. The molecule has 21 heavy (non-hydrogen) atoms. The third-order valence-corrected chi connectivity index (χ3v) is 4.32. The van der Waals surface area contributed by atoms with E-state index in [0.29, 0.717) is 17.0 Å². The second kappa shape index (κ2) is 6.11. The summed E-state index contributed by atoms with van der Waals surface area (Å²) in [4.78, 5) is 4.18. The molecule has 2 aromatic rings. The summed E-state index contributed by atoms with van der Waals surface area (Å²) in [7, 11) is -2.17.